The lowest BCUT2D eigenvalue weighted by Gasteiger charge is -2.20. The molecule has 0 bridgehead atoms. The lowest BCUT2D eigenvalue weighted by molar-refractivity contribution is 0.283. The molecule has 3 atom stereocenters. The SMILES string of the molecule is CC(C(=NO)C(C)c1ccc(COS(=O)(=O)F)cc1)c1ccc(COS(=O)(=O)F)cc1.CCCOS(=O)[O-]. The van der Waals surface area contributed by atoms with Crippen LogP contribution in [0, 0.1) is 0 Å². The summed E-state index contributed by atoms with van der Waals surface area (Å²) in [7, 11) is -10.1. The minimum atomic E-state index is -5.03. The van der Waals surface area contributed by atoms with Crippen molar-refractivity contribution < 1.29 is 51.1 Å². The zero-order chi connectivity index (χ0) is 28.9. The van der Waals surface area contributed by atoms with E-state index in [1.165, 1.54) is 0 Å². The quantitative estimate of drug-likeness (QED) is 0.116. The van der Waals surface area contributed by atoms with E-state index in [2.05, 4.69) is 17.7 Å². The molecule has 3 unspecified atom stereocenters. The van der Waals surface area contributed by atoms with E-state index in [0.717, 1.165) is 17.5 Å². The van der Waals surface area contributed by atoms with Crippen LogP contribution >= 0.6 is 0 Å². The fourth-order valence-corrected chi connectivity index (χ4v) is 3.98. The molecule has 0 amide bonds. The highest BCUT2D eigenvalue weighted by atomic mass is 32.3. The van der Waals surface area contributed by atoms with Crippen molar-refractivity contribution in [2.24, 2.45) is 5.16 Å². The van der Waals surface area contributed by atoms with Crippen LogP contribution in [0.2, 0.25) is 0 Å². The van der Waals surface area contributed by atoms with E-state index < -0.39 is 45.6 Å². The van der Waals surface area contributed by atoms with Crippen molar-refractivity contribution in [1.29, 1.82) is 0 Å². The molecule has 0 spiro atoms. The van der Waals surface area contributed by atoms with Crippen LogP contribution < -0.4 is 0 Å². The van der Waals surface area contributed by atoms with Gasteiger partial charge in [0.05, 0.1) is 36.9 Å². The lowest BCUT2D eigenvalue weighted by Crippen LogP contribution is -2.17. The van der Waals surface area contributed by atoms with Gasteiger partial charge in [-0.3, -0.25) is 0 Å². The van der Waals surface area contributed by atoms with Crippen molar-refractivity contribution in [3.05, 3.63) is 70.8 Å². The molecule has 11 nitrogen and oxygen atoms in total. The van der Waals surface area contributed by atoms with Gasteiger partial charge in [0.1, 0.15) is 0 Å². The Labute approximate surface area is 223 Å². The summed E-state index contributed by atoms with van der Waals surface area (Å²) in [5.41, 5.74) is 2.86. The van der Waals surface area contributed by atoms with E-state index >= 15 is 0 Å². The van der Waals surface area contributed by atoms with Gasteiger partial charge in [-0.25, -0.2) is 12.6 Å². The van der Waals surface area contributed by atoms with Gasteiger partial charge in [-0.2, -0.15) is 16.8 Å². The summed E-state index contributed by atoms with van der Waals surface area (Å²) in [6.07, 6.45) is 0.730. The van der Waals surface area contributed by atoms with E-state index in [1.807, 2.05) is 20.8 Å². The largest absolute Gasteiger partial charge is 0.750 e. The number of benzene rings is 2. The fraction of sp³-hybridized carbons (Fsp3) is 0.409. The molecule has 38 heavy (non-hydrogen) atoms. The van der Waals surface area contributed by atoms with Gasteiger partial charge in [0.15, 0.2) is 0 Å². The average Bonchev–Trinajstić information content (AvgIpc) is 2.85. The van der Waals surface area contributed by atoms with Gasteiger partial charge < -0.3 is 13.9 Å². The molecule has 0 fully saturated rings. The summed E-state index contributed by atoms with van der Waals surface area (Å²) in [5, 5.41) is 13.0. The Kier molecular flexibility index (Phi) is 14.1. The molecular weight excluding hydrogens is 572 g/mol. The number of oxime groups is 1. The second-order valence-corrected chi connectivity index (χ2v) is 10.5. The summed E-state index contributed by atoms with van der Waals surface area (Å²) < 4.78 is 98.1. The first-order chi connectivity index (χ1) is 17.7. The van der Waals surface area contributed by atoms with E-state index in [1.54, 1.807) is 48.5 Å². The van der Waals surface area contributed by atoms with E-state index in [4.69, 9.17) is 0 Å². The Hall–Kier alpha value is -2.34. The normalized spacial score (nSPS) is 14.1. The predicted molar refractivity (Wildman–Crippen MR) is 134 cm³/mol. The summed E-state index contributed by atoms with van der Waals surface area (Å²) >= 11 is -2.32. The van der Waals surface area contributed by atoms with Crippen molar-refractivity contribution in [2.75, 3.05) is 6.61 Å². The lowest BCUT2D eigenvalue weighted by atomic mass is 9.84. The van der Waals surface area contributed by atoms with Crippen molar-refractivity contribution in [3.8, 4) is 0 Å². The highest BCUT2D eigenvalue weighted by Gasteiger charge is 2.22. The molecule has 214 valence electrons. The van der Waals surface area contributed by atoms with Gasteiger partial charge in [0, 0.05) is 11.8 Å². The molecule has 2 aromatic carbocycles. The molecule has 2 aromatic rings. The van der Waals surface area contributed by atoms with Crippen molar-refractivity contribution in [2.45, 2.75) is 52.2 Å². The van der Waals surface area contributed by atoms with Crippen molar-refractivity contribution in [3.63, 3.8) is 0 Å². The third kappa shape index (κ3) is 13.5. The number of hydrogen-bond acceptors (Lipinski definition) is 11. The Morgan fingerprint density at radius 1 is 0.895 bits per heavy atom. The van der Waals surface area contributed by atoms with E-state index in [-0.39, 0.29) is 18.4 Å². The minimum absolute atomic E-state index is 0.288. The summed E-state index contributed by atoms with van der Waals surface area (Å²) in [6, 6.07) is 13.0. The maximum Gasteiger partial charge on any atom is 0.437 e. The van der Waals surface area contributed by atoms with Crippen LogP contribution in [0.1, 0.15) is 61.3 Å². The number of rotatable bonds is 13. The molecular formula is C22H28F2NO10S3-. The molecule has 0 aromatic heterocycles. The van der Waals surface area contributed by atoms with Crippen LogP contribution in [0.4, 0.5) is 7.77 Å². The molecule has 0 aliphatic heterocycles. The van der Waals surface area contributed by atoms with Crippen LogP contribution in [-0.4, -0.2) is 43.1 Å². The van der Waals surface area contributed by atoms with Gasteiger partial charge in [-0.05, 0) is 28.7 Å². The molecule has 16 heteroatoms. The smallest absolute Gasteiger partial charge is 0.437 e. The van der Waals surface area contributed by atoms with Gasteiger partial charge in [0.25, 0.3) is 0 Å². The van der Waals surface area contributed by atoms with Crippen molar-refractivity contribution >= 4 is 38.1 Å². The number of hydrogen-bond donors (Lipinski definition) is 1. The molecule has 0 aliphatic rings. The zero-order valence-corrected chi connectivity index (χ0v) is 23.1. The molecule has 0 saturated carbocycles. The number of nitrogens with zero attached hydrogens (tertiary/aromatic N) is 1. The first-order valence-electron chi connectivity index (χ1n) is 11.0. The van der Waals surface area contributed by atoms with Gasteiger partial charge in [-0.15, -0.1) is 0 Å². The molecule has 0 heterocycles. The third-order valence-corrected chi connectivity index (χ3v) is 6.24. The predicted octanol–water partition coefficient (Wildman–Crippen LogP) is 4.09. The Morgan fingerprint density at radius 3 is 1.50 bits per heavy atom. The number of halogens is 2. The Bertz CT molecular complexity index is 1180. The monoisotopic (exact) mass is 600 g/mol. The van der Waals surface area contributed by atoms with Gasteiger partial charge >= 0.3 is 21.0 Å². The van der Waals surface area contributed by atoms with Crippen LogP contribution in [0.25, 0.3) is 0 Å². The first kappa shape index (κ1) is 33.7. The second-order valence-electron chi connectivity index (χ2n) is 7.79. The summed E-state index contributed by atoms with van der Waals surface area (Å²) in [5.74, 6) is -0.640. The highest BCUT2D eigenvalue weighted by molar-refractivity contribution is 7.81. The molecule has 2 rings (SSSR count). The van der Waals surface area contributed by atoms with Gasteiger partial charge in [-0.1, -0.05) is 82.2 Å². The maximum absolute atomic E-state index is 12.5. The molecule has 0 saturated heterocycles. The van der Waals surface area contributed by atoms with E-state index in [9.17, 15) is 38.6 Å². The average molecular weight is 601 g/mol. The Balaban J connectivity index is 0.000000905. The molecule has 1 N–H and O–H groups in total. The van der Waals surface area contributed by atoms with Crippen LogP contribution in [0.5, 0.6) is 0 Å². The topological polar surface area (TPSA) is 169 Å². The van der Waals surface area contributed by atoms with Gasteiger partial charge in [0.2, 0.25) is 0 Å². The second kappa shape index (κ2) is 15.9. The maximum atomic E-state index is 12.5. The summed E-state index contributed by atoms with van der Waals surface area (Å²) in [4.78, 5) is 0. The fourth-order valence-electron chi connectivity index (χ4n) is 3.12. The summed E-state index contributed by atoms with van der Waals surface area (Å²) in [6.45, 7) is 4.88. The molecule has 0 aliphatic carbocycles. The van der Waals surface area contributed by atoms with Crippen LogP contribution in [0.15, 0.2) is 53.7 Å². The van der Waals surface area contributed by atoms with Crippen LogP contribution in [-0.2, 0) is 58.1 Å². The first-order valence-corrected chi connectivity index (χ1v) is 14.6. The zero-order valence-electron chi connectivity index (χ0n) is 20.7. The molecule has 0 radical (unpaired) electrons. The Morgan fingerprint density at radius 2 is 1.26 bits per heavy atom. The van der Waals surface area contributed by atoms with Crippen molar-refractivity contribution in [1.82, 2.24) is 0 Å². The minimum Gasteiger partial charge on any atom is -0.750 e. The standard InChI is InChI=1S/C19H21F2NO7S2.C3H8O3S/c1-13(17-7-3-15(4-8-17)11-28-30(20,24)25)19(22-23)14(2)18-9-5-16(6-10-18)12-29-31(21,26)27;1-2-3-6-7(4)5/h3-10,13-14,23H,11-12H2,1-2H3;2-3H2,1H3,(H,4,5)/p-1. The third-order valence-electron chi connectivity index (χ3n) is 5.08. The highest BCUT2D eigenvalue weighted by Crippen LogP contribution is 2.28. The van der Waals surface area contributed by atoms with E-state index in [0.29, 0.717) is 16.8 Å². The van der Waals surface area contributed by atoms with Crippen LogP contribution in [0.3, 0.4) is 0 Å².